The van der Waals surface area contributed by atoms with Crippen LogP contribution < -0.4 is 10.5 Å². The van der Waals surface area contributed by atoms with Gasteiger partial charge in [-0.3, -0.25) is 4.79 Å². The van der Waals surface area contributed by atoms with Crippen molar-refractivity contribution in [3.8, 4) is 5.75 Å². The lowest BCUT2D eigenvalue weighted by Crippen LogP contribution is -2.25. The van der Waals surface area contributed by atoms with Gasteiger partial charge in [0.15, 0.2) is 0 Å². The standard InChI is InChI=1S/C11H14FNO2/c1-7-3-4-9(5-10(7)12)15-6-8(2)11(13)14/h3-5,8H,6H2,1-2H3,(H2,13,14)/t8-/m0/s1. The molecule has 0 aromatic heterocycles. The summed E-state index contributed by atoms with van der Waals surface area (Å²) in [6.07, 6.45) is 0. The summed E-state index contributed by atoms with van der Waals surface area (Å²) >= 11 is 0. The Labute approximate surface area is 88.0 Å². The van der Waals surface area contributed by atoms with Crippen molar-refractivity contribution >= 4 is 5.91 Å². The number of amides is 1. The number of aryl methyl sites for hydroxylation is 1. The number of carbonyl (C=O) groups is 1. The van der Waals surface area contributed by atoms with E-state index in [4.69, 9.17) is 10.5 Å². The van der Waals surface area contributed by atoms with Crippen molar-refractivity contribution in [2.75, 3.05) is 6.61 Å². The lowest BCUT2D eigenvalue weighted by atomic mass is 10.2. The lowest BCUT2D eigenvalue weighted by Gasteiger charge is -2.10. The van der Waals surface area contributed by atoms with Gasteiger partial charge in [0.25, 0.3) is 0 Å². The number of rotatable bonds is 4. The number of hydrogen-bond donors (Lipinski definition) is 1. The topological polar surface area (TPSA) is 52.3 Å². The smallest absolute Gasteiger partial charge is 0.223 e. The highest BCUT2D eigenvalue weighted by Crippen LogP contribution is 2.16. The second-order valence-corrected chi connectivity index (χ2v) is 3.53. The zero-order valence-electron chi connectivity index (χ0n) is 8.79. The molecule has 1 aromatic rings. The Kier molecular flexibility index (Phi) is 3.66. The summed E-state index contributed by atoms with van der Waals surface area (Å²) in [5, 5.41) is 0. The molecule has 0 radical (unpaired) electrons. The van der Waals surface area contributed by atoms with Gasteiger partial charge >= 0.3 is 0 Å². The van der Waals surface area contributed by atoms with Crippen LogP contribution in [-0.4, -0.2) is 12.5 Å². The fourth-order valence-electron chi connectivity index (χ4n) is 0.967. The van der Waals surface area contributed by atoms with E-state index in [-0.39, 0.29) is 18.3 Å². The van der Waals surface area contributed by atoms with E-state index >= 15 is 0 Å². The van der Waals surface area contributed by atoms with Crippen molar-refractivity contribution in [2.45, 2.75) is 13.8 Å². The first-order chi connectivity index (χ1) is 7.00. The number of ether oxygens (including phenoxy) is 1. The van der Waals surface area contributed by atoms with Gasteiger partial charge in [-0.05, 0) is 18.6 Å². The van der Waals surface area contributed by atoms with Gasteiger partial charge in [0.1, 0.15) is 11.6 Å². The van der Waals surface area contributed by atoms with Gasteiger partial charge < -0.3 is 10.5 Å². The maximum Gasteiger partial charge on any atom is 0.223 e. The molecule has 0 saturated heterocycles. The van der Waals surface area contributed by atoms with Gasteiger partial charge in [0.2, 0.25) is 5.91 Å². The average Bonchev–Trinajstić information content (AvgIpc) is 2.19. The molecule has 1 amide bonds. The van der Waals surface area contributed by atoms with E-state index in [1.54, 1.807) is 26.0 Å². The first-order valence-electron chi connectivity index (χ1n) is 4.69. The quantitative estimate of drug-likeness (QED) is 0.823. The second-order valence-electron chi connectivity index (χ2n) is 3.53. The molecule has 0 aliphatic heterocycles. The van der Waals surface area contributed by atoms with Crippen LogP contribution in [-0.2, 0) is 4.79 Å². The van der Waals surface area contributed by atoms with Crippen LogP contribution in [0.1, 0.15) is 12.5 Å². The molecule has 0 bridgehead atoms. The monoisotopic (exact) mass is 211 g/mol. The SMILES string of the molecule is Cc1ccc(OC[C@H](C)C(N)=O)cc1F. The minimum atomic E-state index is -0.428. The molecule has 0 aliphatic rings. The van der Waals surface area contributed by atoms with Crippen LogP contribution in [0.2, 0.25) is 0 Å². The first-order valence-corrected chi connectivity index (χ1v) is 4.69. The Morgan fingerprint density at radius 3 is 2.80 bits per heavy atom. The Bertz CT molecular complexity index is 366. The Hall–Kier alpha value is -1.58. The molecule has 82 valence electrons. The summed E-state index contributed by atoms with van der Waals surface area (Å²) in [5.74, 6) is -0.720. The minimum Gasteiger partial charge on any atom is -0.493 e. The summed E-state index contributed by atoms with van der Waals surface area (Å²) in [6, 6.07) is 4.58. The van der Waals surface area contributed by atoms with Gasteiger partial charge in [0.05, 0.1) is 12.5 Å². The van der Waals surface area contributed by atoms with Gasteiger partial charge in [-0.1, -0.05) is 13.0 Å². The van der Waals surface area contributed by atoms with Gasteiger partial charge in [0, 0.05) is 6.07 Å². The van der Waals surface area contributed by atoms with Crippen LogP contribution >= 0.6 is 0 Å². The molecule has 0 fully saturated rings. The third-order valence-electron chi connectivity index (χ3n) is 2.13. The van der Waals surface area contributed by atoms with Gasteiger partial charge in [-0.15, -0.1) is 0 Å². The van der Waals surface area contributed by atoms with E-state index in [9.17, 15) is 9.18 Å². The van der Waals surface area contributed by atoms with Crippen LogP contribution in [0, 0.1) is 18.7 Å². The molecule has 1 aromatic carbocycles. The average molecular weight is 211 g/mol. The van der Waals surface area contributed by atoms with Gasteiger partial charge in [-0.2, -0.15) is 0 Å². The Morgan fingerprint density at radius 2 is 2.27 bits per heavy atom. The number of benzene rings is 1. The molecule has 4 heteroatoms. The van der Waals surface area contributed by atoms with E-state index in [1.807, 2.05) is 0 Å². The molecule has 1 rings (SSSR count). The van der Waals surface area contributed by atoms with Crippen LogP contribution in [0.3, 0.4) is 0 Å². The summed E-state index contributed by atoms with van der Waals surface area (Å²) in [7, 11) is 0. The first kappa shape index (κ1) is 11.5. The molecular formula is C11H14FNO2. The second kappa shape index (κ2) is 4.77. The van der Waals surface area contributed by atoms with Crippen LogP contribution in [0.15, 0.2) is 18.2 Å². The minimum absolute atomic E-state index is 0.165. The summed E-state index contributed by atoms with van der Waals surface area (Å²) in [6.45, 7) is 3.50. The predicted molar refractivity (Wildman–Crippen MR) is 55.0 cm³/mol. The zero-order valence-corrected chi connectivity index (χ0v) is 8.79. The molecule has 0 unspecified atom stereocenters. The number of halogens is 1. The number of primary amides is 1. The fraction of sp³-hybridized carbons (Fsp3) is 0.364. The number of hydrogen-bond acceptors (Lipinski definition) is 2. The number of nitrogens with two attached hydrogens (primary N) is 1. The molecule has 15 heavy (non-hydrogen) atoms. The Balaban J connectivity index is 2.58. The van der Waals surface area contributed by atoms with Crippen LogP contribution in [0.5, 0.6) is 5.75 Å². The molecule has 0 saturated carbocycles. The van der Waals surface area contributed by atoms with E-state index < -0.39 is 5.91 Å². The zero-order chi connectivity index (χ0) is 11.4. The third-order valence-corrected chi connectivity index (χ3v) is 2.13. The van der Waals surface area contributed by atoms with E-state index in [0.29, 0.717) is 11.3 Å². The van der Waals surface area contributed by atoms with Crippen molar-refractivity contribution in [1.82, 2.24) is 0 Å². The van der Waals surface area contributed by atoms with Crippen LogP contribution in [0.25, 0.3) is 0 Å². The summed E-state index contributed by atoms with van der Waals surface area (Å²) in [4.78, 5) is 10.7. The maximum absolute atomic E-state index is 13.1. The molecule has 0 heterocycles. The molecule has 0 aliphatic carbocycles. The highest BCUT2D eigenvalue weighted by atomic mass is 19.1. The lowest BCUT2D eigenvalue weighted by molar-refractivity contribution is -0.122. The predicted octanol–water partition coefficient (Wildman–Crippen LogP) is 1.63. The molecule has 3 nitrogen and oxygen atoms in total. The van der Waals surface area contributed by atoms with Crippen LogP contribution in [0.4, 0.5) is 4.39 Å². The highest BCUT2D eigenvalue weighted by molar-refractivity contribution is 5.76. The molecular weight excluding hydrogens is 197 g/mol. The third kappa shape index (κ3) is 3.23. The van der Waals surface area contributed by atoms with Gasteiger partial charge in [-0.25, -0.2) is 4.39 Å². The van der Waals surface area contributed by atoms with Crippen molar-refractivity contribution in [2.24, 2.45) is 11.7 Å². The van der Waals surface area contributed by atoms with Crippen molar-refractivity contribution in [3.05, 3.63) is 29.6 Å². The molecule has 0 spiro atoms. The Morgan fingerprint density at radius 1 is 1.60 bits per heavy atom. The molecule has 2 N–H and O–H groups in total. The maximum atomic E-state index is 13.1. The van der Waals surface area contributed by atoms with E-state index in [0.717, 1.165) is 0 Å². The number of carbonyl (C=O) groups excluding carboxylic acids is 1. The summed E-state index contributed by atoms with van der Waals surface area (Å²) < 4.78 is 18.3. The van der Waals surface area contributed by atoms with E-state index in [1.165, 1.54) is 6.07 Å². The fourth-order valence-corrected chi connectivity index (χ4v) is 0.967. The van der Waals surface area contributed by atoms with Crippen molar-refractivity contribution in [3.63, 3.8) is 0 Å². The summed E-state index contributed by atoms with van der Waals surface area (Å²) in [5.41, 5.74) is 5.62. The highest BCUT2D eigenvalue weighted by Gasteiger charge is 2.09. The normalized spacial score (nSPS) is 12.2. The largest absolute Gasteiger partial charge is 0.493 e. The molecule has 1 atom stereocenters. The van der Waals surface area contributed by atoms with Crippen molar-refractivity contribution in [1.29, 1.82) is 0 Å². The van der Waals surface area contributed by atoms with E-state index in [2.05, 4.69) is 0 Å². The van der Waals surface area contributed by atoms with Crippen molar-refractivity contribution < 1.29 is 13.9 Å².